The van der Waals surface area contributed by atoms with Gasteiger partial charge in [0.1, 0.15) is 5.82 Å². The summed E-state index contributed by atoms with van der Waals surface area (Å²) < 4.78 is 12.6. The van der Waals surface area contributed by atoms with E-state index in [0.29, 0.717) is 19.4 Å². The molecule has 0 heterocycles. The van der Waals surface area contributed by atoms with Crippen LogP contribution in [0.1, 0.15) is 12.0 Å². The Morgan fingerprint density at radius 1 is 1.29 bits per heavy atom. The summed E-state index contributed by atoms with van der Waals surface area (Å²) in [7, 11) is 0. The third kappa shape index (κ3) is 6.02. The normalized spacial score (nSPS) is 9.41. The van der Waals surface area contributed by atoms with Crippen LogP contribution in [0.4, 0.5) is 4.39 Å². The van der Waals surface area contributed by atoms with Crippen molar-refractivity contribution in [1.82, 2.24) is 5.43 Å². The molecule has 0 atom stereocenters. The van der Waals surface area contributed by atoms with Crippen molar-refractivity contribution in [1.29, 1.82) is 0 Å². The molecule has 3 heteroatoms. The van der Waals surface area contributed by atoms with Crippen molar-refractivity contribution in [3.63, 3.8) is 0 Å². The molecule has 0 unspecified atom stereocenters. The molecule has 17 heavy (non-hydrogen) atoms. The van der Waals surface area contributed by atoms with Crippen molar-refractivity contribution >= 4 is 6.21 Å². The molecule has 0 spiro atoms. The van der Waals surface area contributed by atoms with Crippen LogP contribution in [0.2, 0.25) is 0 Å². The van der Waals surface area contributed by atoms with Crippen molar-refractivity contribution in [2.45, 2.75) is 12.8 Å². The van der Waals surface area contributed by atoms with Crippen LogP contribution in [-0.4, -0.2) is 12.8 Å². The van der Waals surface area contributed by atoms with Gasteiger partial charge in [-0.05, 0) is 17.7 Å². The Kier molecular flexibility index (Phi) is 6.00. The topological polar surface area (TPSA) is 24.4 Å². The summed E-state index contributed by atoms with van der Waals surface area (Å²) in [6.45, 7) is 0.474. The molecule has 2 nitrogen and oxygen atoms in total. The first-order valence-corrected chi connectivity index (χ1v) is 5.21. The maximum atomic E-state index is 12.6. The quantitative estimate of drug-likeness (QED) is 0.362. The van der Waals surface area contributed by atoms with E-state index in [1.54, 1.807) is 18.3 Å². The van der Waals surface area contributed by atoms with Crippen molar-refractivity contribution in [2.75, 3.05) is 6.54 Å². The number of hydrazone groups is 1. The molecule has 1 N–H and O–H groups in total. The molecule has 0 fully saturated rings. The van der Waals surface area contributed by atoms with Gasteiger partial charge in [0, 0.05) is 12.6 Å². The zero-order valence-electron chi connectivity index (χ0n) is 9.41. The number of rotatable bonds is 4. The molecular formula is C14H13FN2. The van der Waals surface area contributed by atoms with Gasteiger partial charge in [-0.1, -0.05) is 29.9 Å². The first-order valence-electron chi connectivity index (χ1n) is 5.21. The van der Waals surface area contributed by atoms with E-state index in [-0.39, 0.29) is 5.82 Å². The summed E-state index contributed by atoms with van der Waals surface area (Å²) in [6.07, 6.45) is 7.87. The molecule has 0 aliphatic rings. The average Bonchev–Trinajstić information content (AvgIpc) is 2.35. The minimum Gasteiger partial charge on any atom is -0.298 e. The van der Waals surface area contributed by atoms with Crippen molar-refractivity contribution in [2.24, 2.45) is 5.10 Å². The highest BCUT2D eigenvalue weighted by atomic mass is 19.1. The van der Waals surface area contributed by atoms with E-state index in [0.717, 1.165) is 5.56 Å². The highest BCUT2D eigenvalue weighted by molar-refractivity contribution is 5.61. The summed E-state index contributed by atoms with van der Waals surface area (Å²) in [5.74, 6) is 7.81. The number of benzene rings is 1. The van der Waals surface area contributed by atoms with E-state index in [9.17, 15) is 4.39 Å². The van der Waals surface area contributed by atoms with Crippen LogP contribution in [0.25, 0.3) is 0 Å². The Balaban J connectivity index is 2.21. The fourth-order valence-corrected chi connectivity index (χ4v) is 1.10. The summed E-state index contributed by atoms with van der Waals surface area (Å²) in [6, 6.07) is 6.33. The SMILES string of the molecule is C#CCC#CCN/N=C/Cc1ccc(F)cc1. The highest BCUT2D eigenvalue weighted by Crippen LogP contribution is 2.01. The van der Waals surface area contributed by atoms with E-state index in [1.807, 2.05) is 0 Å². The molecule has 86 valence electrons. The lowest BCUT2D eigenvalue weighted by molar-refractivity contribution is 0.627. The van der Waals surface area contributed by atoms with Crippen LogP contribution < -0.4 is 5.43 Å². The second kappa shape index (κ2) is 7.96. The molecule has 0 aromatic heterocycles. The smallest absolute Gasteiger partial charge is 0.123 e. The Morgan fingerprint density at radius 3 is 2.76 bits per heavy atom. The molecule has 1 aromatic rings. The zero-order valence-corrected chi connectivity index (χ0v) is 9.41. The summed E-state index contributed by atoms with van der Waals surface area (Å²) >= 11 is 0. The Morgan fingerprint density at radius 2 is 2.06 bits per heavy atom. The van der Waals surface area contributed by atoms with E-state index >= 15 is 0 Å². The van der Waals surface area contributed by atoms with Gasteiger partial charge in [0.2, 0.25) is 0 Å². The van der Waals surface area contributed by atoms with E-state index in [4.69, 9.17) is 6.42 Å². The highest BCUT2D eigenvalue weighted by Gasteiger charge is 1.90. The minimum absolute atomic E-state index is 0.229. The first-order chi connectivity index (χ1) is 8.33. The molecule has 0 bridgehead atoms. The van der Waals surface area contributed by atoms with E-state index < -0.39 is 0 Å². The van der Waals surface area contributed by atoms with Gasteiger partial charge in [-0.2, -0.15) is 5.10 Å². The molecule has 1 aromatic carbocycles. The molecule has 0 saturated carbocycles. The van der Waals surface area contributed by atoms with Gasteiger partial charge in [-0.15, -0.1) is 6.42 Å². The summed E-state index contributed by atoms with van der Waals surface area (Å²) in [5, 5.41) is 3.96. The maximum absolute atomic E-state index is 12.6. The van der Waals surface area contributed by atoms with Crippen molar-refractivity contribution in [3.05, 3.63) is 35.6 Å². The van der Waals surface area contributed by atoms with Gasteiger partial charge < -0.3 is 0 Å². The fourth-order valence-electron chi connectivity index (χ4n) is 1.10. The maximum Gasteiger partial charge on any atom is 0.123 e. The molecule has 0 saturated heterocycles. The minimum atomic E-state index is -0.229. The molecule has 0 amide bonds. The number of nitrogens with one attached hydrogen (secondary N) is 1. The molecule has 1 rings (SSSR count). The standard InChI is InChI=1S/C14H13FN2/c1-2-3-4-5-11-16-17-12-10-13-6-8-14(15)9-7-13/h1,6-9,12,16H,3,10-11H2/b17-12+. The molecule has 0 aliphatic heterocycles. The third-order valence-electron chi connectivity index (χ3n) is 1.91. The summed E-state index contributed by atoms with van der Waals surface area (Å²) in [4.78, 5) is 0. The van der Waals surface area contributed by atoms with Gasteiger partial charge in [-0.3, -0.25) is 5.43 Å². The molecular weight excluding hydrogens is 215 g/mol. The second-order valence-corrected chi connectivity index (χ2v) is 3.21. The first kappa shape index (κ1) is 12.8. The van der Waals surface area contributed by atoms with Gasteiger partial charge in [0.05, 0.1) is 13.0 Å². The van der Waals surface area contributed by atoms with Crippen LogP contribution in [0.3, 0.4) is 0 Å². The van der Waals surface area contributed by atoms with E-state index in [2.05, 4.69) is 28.3 Å². The lowest BCUT2D eigenvalue weighted by atomic mass is 10.2. The van der Waals surface area contributed by atoms with Gasteiger partial charge in [0.25, 0.3) is 0 Å². The van der Waals surface area contributed by atoms with E-state index in [1.165, 1.54) is 12.1 Å². The Bertz CT molecular complexity index is 458. The molecule has 0 radical (unpaired) electrons. The lowest BCUT2D eigenvalue weighted by Gasteiger charge is -1.95. The van der Waals surface area contributed by atoms with Gasteiger partial charge in [0.15, 0.2) is 0 Å². The number of hydrogen-bond donors (Lipinski definition) is 1. The monoisotopic (exact) mass is 228 g/mol. The van der Waals surface area contributed by atoms with Crippen molar-refractivity contribution in [3.8, 4) is 24.2 Å². The second-order valence-electron chi connectivity index (χ2n) is 3.21. The lowest BCUT2D eigenvalue weighted by Crippen LogP contribution is -2.05. The van der Waals surface area contributed by atoms with Crippen molar-refractivity contribution < 1.29 is 4.39 Å². The van der Waals surface area contributed by atoms with Gasteiger partial charge in [-0.25, -0.2) is 4.39 Å². The average molecular weight is 228 g/mol. The Labute approximate surface area is 101 Å². The number of hydrogen-bond acceptors (Lipinski definition) is 2. The third-order valence-corrected chi connectivity index (χ3v) is 1.91. The predicted molar refractivity (Wildman–Crippen MR) is 67.8 cm³/mol. The van der Waals surface area contributed by atoms with Gasteiger partial charge >= 0.3 is 0 Å². The summed E-state index contributed by atoms with van der Waals surface area (Å²) in [5.41, 5.74) is 3.79. The van der Waals surface area contributed by atoms with Crippen LogP contribution >= 0.6 is 0 Å². The largest absolute Gasteiger partial charge is 0.298 e. The Hall–Kier alpha value is -2.26. The fraction of sp³-hybridized carbons (Fsp3) is 0.214. The number of nitrogens with zero attached hydrogens (tertiary/aromatic N) is 1. The predicted octanol–water partition coefficient (Wildman–Crippen LogP) is 1.97. The van der Waals surface area contributed by atoms with Crippen LogP contribution in [0.5, 0.6) is 0 Å². The number of terminal acetylenes is 1. The van der Waals surface area contributed by atoms with Crippen LogP contribution in [-0.2, 0) is 6.42 Å². The zero-order chi connectivity index (χ0) is 12.3. The van der Waals surface area contributed by atoms with Crippen LogP contribution in [0, 0.1) is 30.0 Å². The number of halogens is 1. The van der Waals surface area contributed by atoms with Crippen LogP contribution in [0.15, 0.2) is 29.4 Å². The molecule has 0 aliphatic carbocycles.